The maximum atomic E-state index is 13.6. The zero-order valence-corrected chi connectivity index (χ0v) is 20.1. The molecule has 2 aromatic carbocycles. The van der Waals surface area contributed by atoms with Crippen LogP contribution in [0.4, 0.5) is 11.6 Å². The quantitative estimate of drug-likeness (QED) is 0.431. The third kappa shape index (κ3) is 4.76. The fraction of sp³-hybridized carbons (Fsp3) is 0.346. The molecule has 2 N–H and O–H groups in total. The van der Waals surface area contributed by atoms with Crippen molar-refractivity contribution in [1.82, 2.24) is 14.8 Å². The van der Waals surface area contributed by atoms with Gasteiger partial charge < -0.3 is 20.1 Å². The second kappa shape index (κ2) is 10.4. The van der Waals surface area contributed by atoms with Gasteiger partial charge in [0, 0.05) is 11.4 Å². The highest BCUT2D eigenvalue weighted by atomic mass is 16.5. The summed E-state index contributed by atoms with van der Waals surface area (Å²) in [5, 5.41) is 10.7. The molecule has 1 aliphatic rings. The van der Waals surface area contributed by atoms with Gasteiger partial charge in [-0.15, -0.1) is 0 Å². The number of carbonyl (C=O) groups excluding carboxylic acids is 1. The Labute approximate surface area is 200 Å². The summed E-state index contributed by atoms with van der Waals surface area (Å²) in [6.07, 6.45) is 3.50. The molecular formula is C26H31N5O3. The number of anilines is 2. The summed E-state index contributed by atoms with van der Waals surface area (Å²) in [6, 6.07) is 13.0. The molecule has 0 fully saturated rings. The lowest BCUT2D eigenvalue weighted by Gasteiger charge is -2.29. The Bertz CT molecular complexity index is 1200. The molecular weight excluding hydrogens is 430 g/mol. The van der Waals surface area contributed by atoms with Crippen LogP contribution < -0.4 is 20.1 Å². The Morgan fingerprint density at radius 2 is 1.94 bits per heavy atom. The zero-order chi connectivity index (χ0) is 24.1. The van der Waals surface area contributed by atoms with E-state index < -0.39 is 6.04 Å². The number of amides is 1. The number of unbranched alkanes of at least 4 members (excludes halogenated alkanes) is 1. The number of carbonyl (C=O) groups is 1. The first-order chi connectivity index (χ1) is 16.5. The highest BCUT2D eigenvalue weighted by molar-refractivity contribution is 6.06. The van der Waals surface area contributed by atoms with Crippen molar-refractivity contribution in [2.24, 2.45) is 0 Å². The summed E-state index contributed by atoms with van der Waals surface area (Å²) in [7, 11) is 0. The highest BCUT2D eigenvalue weighted by Gasteiger charge is 2.34. The Kier molecular flexibility index (Phi) is 7.15. The summed E-state index contributed by atoms with van der Waals surface area (Å²) in [6.45, 7) is 9.04. The molecule has 8 nitrogen and oxygen atoms in total. The van der Waals surface area contributed by atoms with Crippen LogP contribution in [-0.2, 0) is 4.79 Å². The zero-order valence-electron chi connectivity index (χ0n) is 20.1. The van der Waals surface area contributed by atoms with E-state index in [0.717, 1.165) is 35.4 Å². The maximum Gasteiger partial charge on any atom is 0.255 e. The van der Waals surface area contributed by atoms with Gasteiger partial charge in [0.05, 0.1) is 18.8 Å². The predicted octanol–water partition coefficient (Wildman–Crippen LogP) is 5.09. The van der Waals surface area contributed by atoms with E-state index in [-0.39, 0.29) is 5.91 Å². The van der Waals surface area contributed by atoms with E-state index in [0.29, 0.717) is 36.2 Å². The van der Waals surface area contributed by atoms with Crippen LogP contribution >= 0.6 is 0 Å². The van der Waals surface area contributed by atoms with Crippen molar-refractivity contribution in [3.05, 3.63) is 71.2 Å². The number of para-hydroxylation sites is 1. The van der Waals surface area contributed by atoms with Gasteiger partial charge >= 0.3 is 0 Å². The molecule has 8 heteroatoms. The van der Waals surface area contributed by atoms with E-state index in [2.05, 4.69) is 27.6 Å². The van der Waals surface area contributed by atoms with Crippen molar-refractivity contribution in [1.29, 1.82) is 0 Å². The van der Waals surface area contributed by atoms with Crippen molar-refractivity contribution in [3.63, 3.8) is 0 Å². The minimum atomic E-state index is -0.480. The third-order valence-electron chi connectivity index (χ3n) is 5.77. The Hall–Kier alpha value is -3.81. The van der Waals surface area contributed by atoms with Crippen molar-refractivity contribution in [3.8, 4) is 11.5 Å². The molecule has 34 heavy (non-hydrogen) atoms. The molecule has 1 aliphatic heterocycles. The van der Waals surface area contributed by atoms with E-state index in [1.54, 1.807) is 4.68 Å². The molecule has 0 saturated heterocycles. The Morgan fingerprint density at radius 3 is 2.71 bits per heavy atom. The molecule has 1 atom stereocenters. The third-order valence-corrected chi connectivity index (χ3v) is 5.77. The summed E-state index contributed by atoms with van der Waals surface area (Å²) in [5.41, 5.74) is 3.89. The van der Waals surface area contributed by atoms with Gasteiger partial charge in [-0.25, -0.2) is 4.68 Å². The van der Waals surface area contributed by atoms with Gasteiger partial charge in [-0.2, -0.15) is 10.1 Å². The Morgan fingerprint density at radius 1 is 1.12 bits per heavy atom. The number of benzene rings is 2. The second-order valence-corrected chi connectivity index (χ2v) is 8.20. The molecule has 0 spiro atoms. The number of rotatable bonds is 9. The average Bonchev–Trinajstić information content (AvgIpc) is 3.29. The minimum Gasteiger partial charge on any atom is -0.490 e. The number of nitrogens with zero attached hydrogens (tertiary/aromatic N) is 3. The van der Waals surface area contributed by atoms with Crippen molar-refractivity contribution in [2.45, 2.75) is 46.6 Å². The molecule has 0 bridgehead atoms. The fourth-order valence-electron chi connectivity index (χ4n) is 4.00. The number of hydrogen-bond donors (Lipinski definition) is 2. The van der Waals surface area contributed by atoms with Gasteiger partial charge in [0.1, 0.15) is 12.4 Å². The van der Waals surface area contributed by atoms with Crippen LogP contribution in [0.15, 0.2) is 60.1 Å². The molecule has 0 saturated carbocycles. The molecule has 0 aliphatic carbocycles. The largest absolute Gasteiger partial charge is 0.490 e. The van der Waals surface area contributed by atoms with Crippen LogP contribution in [0.25, 0.3) is 0 Å². The topological polar surface area (TPSA) is 90.3 Å². The van der Waals surface area contributed by atoms with Crippen LogP contribution in [0.3, 0.4) is 0 Å². The van der Waals surface area contributed by atoms with Crippen LogP contribution in [-0.4, -0.2) is 33.9 Å². The predicted molar refractivity (Wildman–Crippen MR) is 132 cm³/mol. The monoisotopic (exact) mass is 461 g/mol. The lowest BCUT2D eigenvalue weighted by Crippen LogP contribution is -2.31. The van der Waals surface area contributed by atoms with E-state index in [1.165, 1.54) is 6.33 Å². The van der Waals surface area contributed by atoms with E-state index in [1.807, 2.05) is 63.2 Å². The average molecular weight is 462 g/mol. The lowest BCUT2D eigenvalue weighted by molar-refractivity contribution is -0.113. The first-order valence-electron chi connectivity index (χ1n) is 11.7. The van der Waals surface area contributed by atoms with Gasteiger partial charge in [0.15, 0.2) is 11.5 Å². The SMILES string of the molecule is CCCCOc1ccc(C2C(C(=O)Nc3ccccc3C)=C(C)Nc3ncnn32)cc1OCC. The number of aromatic nitrogens is 3. The minimum absolute atomic E-state index is 0.202. The van der Waals surface area contributed by atoms with Crippen LogP contribution in [0.5, 0.6) is 11.5 Å². The van der Waals surface area contributed by atoms with Crippen molar-refractivity contribution >= 4 is 17.5 Å². The van der Waals surface area contributed by atoms with Crippen molar-refractivity contribution in [2.75, 3.05) is 23.8 Å². The summed E-state index contributed by atoms with van der Waals surface area (Å²) < 4.78 is 13.6. The summed E-state index contributed by atoms with van der Waals surface area (Å²) >= 11 is 0. The first-order valence-corrected chi connectivity index (χ1v) is 11.7. The molecule has 3 aromatic rings. The molecule has 2 heterocycles. The standard InChI is InChI=1S/C26H31N5O3/c1-5-7-14-34-21-13-12-19(15-22(21)33-6-2)24-23(18(4)29-26-27-16-28-31(24)26)25(32)30-20-11-9-8-10-17(20)3/h8-13,15-16,24H,5-7,14H2,1-4H3,(H,30,32)(H,27,28,29). The lowest BCUT2D eigenvalue weighted by atomic mass is 9.94. The molecule has 178 valence electrons. The molecule has 4 rings (SSSR count). The fourth-order valence-corrected chi connectivity index (χ4v) is 4.00. The van der Waals surface area contributed by atoms with Gasteiger partial charge in [-0.3, -0.25) is 4.79 Å². The number of allylic oxidation sites excluding steroid dienone is 1. The molecule has 1 amide bonds. The number of aryl methyl sites for hydroxylation is 1. The number of nitrogens with one attached hydrogen (secondary N) is 2. The van der Waals surface area contributed by atoms with Gasteiger partial charge in [0.25, 0.3) is 5.91 Å². The normalized spacial score (nSPS) is 14.9. The highest BCUT2D eigenvalue weighted by Crippen LogP contribution is 2.39. The smallest absolute Gasteiger partial charge is 0.255 e. The van der Waals surface area contributed by atoms with Gasteiger partial charge in [-0.1, -0.05) is 37.6 Å². The number of ether oxygens (including phenoxy) is 2. The van der Waals surface area contributed by atoms with Crippen LogP contribution in [0.2, 0.25) is 0 Å². The van der Waals surface area contributed by atoms with E-state index >= 15 is 0 Å². The number of fused-ring (bicyclic) bond motifs is 1. The van der Waals surface area contributed by atoms with Crippen molar-refractivity contribution < 1.29 is 14.3 Å². The maximum absolute atomic E-state index is 13.6. The molecule has 1 aromatic heterocycles. The van der Waals surface area contributed by atoms with Crippen LogP contribution in [0, 0.1) is 6.92 Å². The second-order valence-electron chi connectivity index (χ2n) is 8.20. The molecule has 1 unspecified atom stereocenters. The van der Waals surface area contributed by atoms with Crippen LogP contribution in [0.1, 0.15) is 50.8 Å². The molecule has 0 radical (unpaired) electrons. The summed E-state index contributed by atoms with van der Waals surface area (Å²) in [5.74, 6) is 1.72. The van der Waals surface area contributed by atoms with Gasteiger partial charge in [-0.05, 0) is 56.5 Å². The first kappa shape index (κ1) is 23.4. The van der Waals surface area contributed by atoms with E-state index in [9.17, 15) is 4.79 Å². The van der Waals surface area contributed by atoms with Gasteiger partial charge in [0.2, 0.25) is 5.95 Å². The summed E-state index contributed by atoms with van der Waals surface area (Å²) in [4.78, 5) is 17.9. The number of hydrogen-bond acceptors (Lipinski definition) is 6. The van der Waals surface area contributed by atoms with E-state index in [4.69, 9.17) is 9.47 Å². The Balaban J connectivity index is 1.73.